The summed E-state index contributed by atoms with van der Waals surface area (Å²) in [6.07, 6.45) is 6.13. The molecule has 1 N–H and O–H groups in total. The Balaban J connectivity index is 1.06. The number of piperidine rings is 2. The quantitative estimate of drug-likeness (QED) is 0.238. The molecule has 2 aliphatic heterocycles. The molecular formula is C36H42N4O2. The van der Waals surface area contributed by atoms with Crippen LogP contribution in [0.25, 0.3) is 10.9 Å². The van der Waals surface area contributed by atoms with Gasteiger partial charge in [0.15, 0.2) is 0 Å². The lowest BCUT2D eigenvalue weighted by Crippen LogP contribution is -2.52. The third-order valence-electron chi connectivity index (χ3n) is 8.93. The molecule has 3 heterocycles. The first-order valence-corrected chi connectivity index (χ1v) is 15.5. The number of rotatable bonds is 9. The number of benzene rings is 3. The summed E-state index contributed by atoms with van der Waals surface area (Å²) in [7, 11) is 0. The highest BCUT2D eigenvalue weighted by Gasteiger charge is 2.43. The molecule has 6 nitrogen and oxygen atoms in total. The molecule has 2 saturated heterocycles. The number of hydrogen-bond acceptors (Lipinski definition) is 5. The van der Waals surface area contributed by atoms with Crippen LogP contribution in [0.1, 0.15) is 43.4 Å². The van der Waals surface area contributed by atoms with E-state index in [0.717, 1.165) is 98.5 Å². The fourth-order valence-electron chi connectivity index (χ4n) is 6.61. The van der Waals surface area contributed by atoms with Crippen molar-refractivity contribution in [3.05, 3.63) is 96.2 Å². The Labute approximate surface area is 249 Å². The molecule has 0 unspecified atom stereocenters. The molecule has 4 aromatic rings. The molecule has 0 spiro atoms. The molecular weight excluding hydrogens is 520 g/mol. The fourth-order valence-corrected chi connectivity index (χ4v) is 6.61. The van der Waals surface area contributed by atoms with Crippen molar-refractivity contribution in [1.82, 2.24) is 14.8 Å². The van der Waals surface area contributed by atoms with Gasteiger partial charge in [0.2, 0.25) is 5.91 Å². The summed E-state index contributed by atoms with van der Waals surface area (Å²) in [5.41, 5.74) is 4.97. The number of aromatic nitrogens is 1. The summed E-state index contributed by atoms with van der Waals surface area (Å²) in [4.78, 5) is 23.2. The first-order chi connectivity index (χ1) is 20.6. The van der Waals surface area contributed by atoms with Crippen LogP contribution in [-0.4, -0.2) is 60.0 Å². The van der Waals surface area contributed by atoms with E-state index < -0.39 is 0 Å². The van der Waals surface area contributed by atoms with E-state index in [9.17, 15) is 4.79 Å². The van der Waals surface area contributed by atoms with Gasteiger partial charge in [-0.2, -0.15) is 0 Å². The van der Waals surface area contributed by atoms with Crippen LogP contribution in [0.2, 0.25) is 0 Å². The second-order valence-corrected chi connectivity index (χ2v) is 12.0. The minimum absolute atomic E-state index is 0.300. The van der Waals surface area contributed by atoms with E-state index in [0.29, 0.717) is 12.5 Å². The summed E-state index contributed by atoms with van der Waals surface area (Å²) in [6.45, 7) is 7.16. The first kappa shape index (κ1) is 28.2. The summed E-state index contributed by atoms with van der Waals surface area (Å²) in [5.74, 6) is 1.23. The average Bonchev–Trinajstić information content (AvgIpc) is 3.03. The summed E-state index contributed by atoms with van der Waals surface area (Å²) in [5, 5.41) is 4.67. The van der Waals surface area contributed by atoms with E-state index in [4.69, 9.17) is 4.74 Å². The number of para-hydroxylation sites is 1. The van der Waals surface area contributed by atoms with Crippen LogP contribution in [0.5, 0.6) is 5.75 Å². The van der Waals surface area contributed by atoms with Gasteiger partial charge in [-0.3, -0.25) is 14.7 Å². The van der Waals surface area contributed by atoms with Crippen molar-refractivity contribution in [1.29, 1.82) is 0 Å². The van der Waals surface area contributed by atoms with Gasteiger partial charge in [0.1, 0.15) is 12.4 Å². The Bertz CT molecular complexity index is 1490. The van der Waals surface area contributed by atoms with Crippen LogP contribution in [0.4, 0.5) is 11.4 Å². The maximum absolute atomic E-state index is 13.9. The van der Waals surface area contributed by atoms with Gasteiger partial charge in [-0.05, 0) is 88.4 Å². The molecule has 2 fully saturated rings. The third kappa shape index (κ3) is 6.60. The minimum atomic E-state index is -0.300. The number of aryl methyl sites for hydroxylation is 1. The number of hydrogen-bond donors (Lipinski definition) is 1. The van der Waals surface area contributed by atoms with Crippen LogP contribution < -0.4 is 10.1 Å². The fraction of sp³-hybridized carbons (Fsp3) is 0.389. The van der Waals surface area contributed by atoms with Crippen molar-refractivity contribution in [2.24, 2.45) is 5.41 Å². The van der Waals surface area contributed by atoms with Gasteiger partial charge < -0.3 is 15.0 Å². The van der Waals surface area contributed by atoms with Crippen LogP contribution in [0.15, 0.2) is 84.9 Å². The van der Waals surface area contributed by atoms with E-state index in [1.54, 1.807) is 0 Å². The Hall–Kier alpha value is -3.90. The lowest BCUT2D eigenvalue weighted by atomic mass is 9.72. The van der Waals surface area contributed by atoms with Gasteiger partial charge >= 0.3 is 0 Å². The van der Waals surface area contributed by atoms with E-state index in [1.807, 2.05) is 37.3 Å². The van der Waals surface area contributed by atoms with Crippen molar-refractivity contribution in [2.75, 3.05) is 44.6 Å². The Morgan fingerprint density at radius 1 is 0.881 bits per heavy atom. The van der Waals surface area contributed by atoms with E-state index in [1.165, 1.54) is 12.0 Å². The second kappa shape index (κ2) is 13.0. The molecule has 0 saturated carbocycles. The zero-order valence-electron chi connectivity index (χ0n) is 24.7. The number of amides is 1. The summed E-state index contributed by atoms with van der Waals surface area (Å²) >= 11 is 0. The standard InChI is InChI=1S/C36H42N4O2/c1-28-25-34(32-15-6-7-16-33(32)37-28)38-30-13-10-14-31(26-30)42-24-23-39-21-17-36(18-22-39,27-29-11-4-2-5-12-29)35(41)40-19-8-3-9-20-40/h2,4-7,10-16,25-26H,3,8-9,17-24,27H2,1H3,(H,37,38). The van der Waals surface area contributed by atoms with Gasteiger partial charge in [-0.15, -0.1) is 0 Å². The largest absolute Gasteiger partial charge is 0.492 e. The van der Waals surface area contributed by atoms with Gasteiger partial charge in [-0.1, -0.05) is 54.6 Å². The number of pyridine rings is 1. The first-order valence-electron chi connectivity index (χ1n) is 15.5. The highest BCUT2D eigenvalue weighted by Crippen LogP contribution is 2.38. The van der Waals surface area contributed by atoms with Gasteiger partial charge in [0.25, 0.3) is 0 Å². The van der Waals surface area contributed by atoms with Crippen molar-refractivity contribution in [3.8, 4) is 5.75 Å². The number of fused-ring (bicyclic) bond motifs is 1. The highest BCUT2D eigenvalue weighted by atomic mass is 16.5. The Morgan fingerprint density at radius 3 is 2.45 bits per heavy atom. The van der Waals surface area contributed by atoms with Crippen LogP contribution in [0, 0.1) is 12.3 Å². The predicted octanol–water partition coefficient (Wildman–Crippen LogP) is 7.00. The Morgan fingerprint density at radius 2 is 1.64 bits per heavy atom. The maximum atomic E-state index is 13.9. The molecule has 218 valence electrons. The lowest BCUT2D eigenvalue weighted by molar-refractivity contribution is -0.146. The van der Waals surface area contributed by atoms with Crippen molar-refractivity contribution < 1.29 is 9.53 Å². The topological polar surface area (TPSA) is 57.7 Å². The molecule has 42 heavy (non-hydrogen) atoms. The van der Waals surface area contributed by atoms with Crippen LogP contribution >= 0.6 is 0 Å². The molecule has 2 aliphatic rings. The second-order valence-electron chi connectivity index (χ2n) is 12.0. The van der Waals surface area contributed by atoms with Gasteiger partial charge in [-0.25, -0.2) is 0 Å². The van der Waals surface area contributed by atoms with Crippen molar-refractivity contribution in [3.63, 3.8) is 0 Å². The molecule has 1 amide bonds. The van der Waals surface area contributed by atoms with Crippen LogP contribution in [0.3, 0.4) is 0 Å². The summed E-state index contributed by atoms with van der Waals surface area (Å²) in [6, 6.07) is 29.0. The van der Waals surface area contributed by atoms with Gasteiger partial charge in [0, 0.05) is 48.2 Å². The molecule has 6 rings (SSSR count). The SMILES string of the molecule is Cc1cc(Nc2cccc(OCCN3CCC(Cc4ccccc4)(C(=O)N4CCCCC4)CC3)c2)c2ccccc2n1. The maximum Gasteiger partial charge on any atom is 0.229 e. The lowest BCUT2D eigenvalue weighted by Gasteiger charge is -2.44. The van der Waals surface area contributed by atoms with Gasteiger partial charge in [0.05, 0.1) is 10.9 Å². The average molecular weight is 563 g/mol. The number of carbonyl (C=O) groups excluding carboxylic acids is 1. The highest BCUT2D eigenvalue weighted by molar-refractivity contribution is 5.93. The normalized spacial score (nSPS) is 17.2. The number of likely N-dealkylation sites (tertiary alicyclic amines) is 2. The summed E-state index contributed by atoms with van der Waals surface area (Å²) < 4.78 is 6.22. The monoisotopic (exact) mass is 562 g/mol. The molecule has 3 aromatic carbocycles. The van der Waals surface area contributed by atoms with Crippen LogP contribution in [-0.2, 0) is 11.2 Å². The Kier molecular flexibility index (Phi) is 8.71. The third-order valence-corrected chi connectivity index (χ3v) is 8.93. The molecule has 0 atom stereocenters. The van der Waals surface area contributed by atoms with Crippen molar-refractivity contribution >= 4 is 28.2 Å². The molecule has 0 radical (unpaired) electrons. The van der Waals surface area contributed by atoms with E-state index in [2.05, 4.69) is 74.7 Å². The molecule has 6 heteroatoms. The number of nitrogens with zero attached hydrogens (tertiary/aromatic N) is 3. The zero-order valence-corrected chi connectivity index (χ0v) is 24.7. The number of carbonyl (C=O) groups is 1. The number of anilines is 2. The number of ether oxygens (including phenoxy) is 1. The minimum Gasteiger partial charge on any atom is -0.492 e. The molecule has 0 bridgehead atoms. The van der Waals surface area contributed by atoms with E-state index in [-0.39, 0.29) is 5.41 Å². The molecule has 0 aliphatic carbocycles. The smallest absolute Gasteiger partial charge is 0.229 e. The number of nitrogens with one attached hydrogen (secondary N) is 1. The zero-order chi connectivity index (χ0) is 28.8. The van der Waals surface area contributed by atoms with Crippen molar-refractivity contribution in [2.45, 2.75) is 45.4 Å². The predicted molar refractivity (Wildman–Crippen MR) is 170 cm³/mol. The molecule has 1 aromatic heterocycles. The van der Waals surface area contributed by atoms with E-state index >= 15 is 0 Å².